The molecule has 0 N–H and O–H groups in total. The number of nitrogens with zero attached hydrogens (tertiary/aromatic N) is 7. The number of rotatable bonds is 5. The van der Waals surface area contributed by atoms with E-state index >= 15 is 0 Å². The van der Waals surface area contributed by atoms with Gasteiger partial charge in [0, 0.05) is 6.42 Å². The van der Waals surface area contributed by atoms with Crippen LogP contribution in [0.5, 0.6) is 0 Å². The Balaban J connectivity index is 1.67. The number of ether oxygens (including phenoxy) is 1. The second-order valence-corrected chi connectivity index (χ2v) is 6.71. The number of fused-ring (bicyclic) bond motifs is 3. The number of nitro groups is 1. The molecule has 0 saturated carbocycles. The maximum Gasteiger partial charge on any atom is 0.389 e. The molecule has 0 aliphatic rings. The van der Waals surface area contributed by atoms with Crippen molar-refractivity contribution in [3.05, 3.63) is 45.0 Å². The Labute approximate surface area is 155 Å². The van der Waals surface area contributed by atoms with Crippen LogP contribution in [0, 0.1) is 17.0 Å². The number of methoxy groups -OCH3 is 1. The summed E-state index contributed by atoms with van der Waals surface area (Å²) < 4.78 is 7.85. The molecule has 0 atom stereocenters. The van der Waals surface area contributed by atoms with Gasteiger partial charge in [0.25, 0.3) is 0 Å². The van der Waals surface area contributed by atoms with Crippen molar-refractivity contribution in [3.8, 4) is 0 Å². The second-order valence-electron chi connectivity index (χ2n) is 5.71. The largest absolute Gasteiger partial charge is 0.465 e. The van der Waals surface area contributed by atoms with Crippen molar-refractivity contribution in [2.45, 2.75) is 19.9 Å². The maximum absolute atomic E-state index is 11.9. The molecule has 0 bridgehead atoms. The predicted molar refractivity (Wildman–Crippen MR) is 94.8 cm³/mol. The molecule has 4 aromatic heterocycles. The first-order chi connectivity index (χ1) is 13.0. The van der Waals surface area contributed by atoms with Crippen molar-refractivity contribution < 1.29 is 14.5 Å². The Morgan fingerprint density at radius 1 is 1.41 bits per heavy atom. The van der Waals surface area contributed by atoms with Crippen LogP contribution in [0.1, 0.15) is 21.1 Å². The minimum Gasteiger partial charge on any atom is -0.465 e. The van der Waals surface area contributed by atoms with Crippen LogP contribution in [0.25, 0.3) is 15.9 Å². The van der Waals surface area contributed by atoms with E-state index in [9.17, 15) is 14.9 Å². The fraction of sp³-hybridized carbons (Fsp3) is 0.267. The van der Waals surface area contributed by atoms with Crippen molar-refractivity contribution >= 4 is 39.0 Å². The van der Waals surface area contributed by atoms with Crippen molar-refractivity contribution in [1.82, 2.24) is 29.4 Å². The standard InChI is InChI=1S/C15H13N7O4S/c1-8-11-13-17-9(3-5-20-6-4-10(19-20)22(24)25)18-21(13)7-16-14(11)27-12(8)15(23)26-2/h4,6-7H,3,5H2,1-2H3. The van der Waals surface area contributed by atoms with E-state index in [-0.39, 0.29) is 5.82 Å². The molecule has 0 aliphatic heterocycles. The number of esters is 1. The average Bonchev–Trinajstić information content (AvgIpc) is 3.35. The Bertz CT molecular complexity index is 1190. The van der Waals surface area contributed by atoms with E-state index in [2.05, 4.69) is 20.2 Å². The summed E-state index contributed by atoms with van der Waals surface area (Å²) in [5.74, 6) is -0.0607. The van der Waals surface area contributed by atoms with Gasteiger partial charge in [0.2, 0.25) is 0 Å². The van der Waals surface area contributed by atoms with E-state index in [4.69, 9.17) is 4.74 Å². The van der Waals surface area contributed by atoms with Crippen LogP contribution in [-0.4, -0.2) is 47.4 Å². The van der Waals surface area contributed by atoms with E-state index < -0.39 is 10.9 Å². The summed E-state index contributed by atoms with van der Waals surface area (Å²) in [6.45, 7) is 2.22. The van der Waals surface area contributed by atoms with Gasteiger partial charge in [0.15, 0.2) is 11.5 Å². The van der Waals surface area contributed by atoms with Crippen LogP contribution in [0.2, 0.25) is 0 Å². The highest BCUT2D eigenvalue weighted by Crippen LogP contribution is 2.32. The summed E-state index contributed by atoms with van der Waals surface area (Å²) >= 11 is 1.25. The molecule has 0 fully saturated rings. The molecular weight excluding hydrogens is 374 g/mol. The van der Waals surface area contributed by atoms with E-state index in [1.54, 1.807) is 17.0 Å². The monoisotopic (exact) mass is 387 g/mol. The van der Waals surface area contributed by atoms with Crippen LogP contribution < -0.4 is 0 Å². The van der Waals surface area contributed by atoms with Crippen LogP contribution >= 0.6 is 11.3 Å². The zero-order valence-corrected chi connectivity index (χ0v) is 15.1. The number of hydrogen-bond donors (Lipinski definition) is 0. The first-order valence-electron chi connectivity index (χ1n) is 7.87. The number of aromatic nitrogens is 6. The maximum atomic E-state index is 11.9. The Morgan fingerprint density at radius 3 is 2.93 bits per heavy atom. The SMILES string of the molecule is COC(=O)c1sc2ncn3nc(CCn4ccc([N+](=O)[O-])n4)nc3c2c1C. The molecule has 27 heavy (non-hydrogen) atoms. The fourth-order valence-corrected chi connectivity index (χ4v) is 3.82. The topological polar surface area (TPSA) is 130 Å². The van der Waals surface area contributed by atoms with Gasteiger partial charge in [-0.2, -0.15) is 4.68 Å². The number of carbonyl (C=O) groups excluding carboxylic acids is 1. The molecule has 4 heterocycles. The first-order valence-corrected chi connectivity index (χ1v) is 8.69. The quantitative estimate of drug-likeness (QED) is 0.288. The molecule has 4 aromatic rings. The minimum absolute atomic E-state index is 0.201. The molecule has 0 amide bonds. The van der Waals surface area contributed by atoms with Gasteiger partial charge < -0.3 is 14.9 Å². The minimum atomic E-state index is -0.541. The average molecular weight is 387 g/mol. The molecular formula is C15H13N7O4S. The third-order valence-corrected chi connectivity index (χ3v) is 5.24. The van der Waals surface area contributed by atoms with Crippen LogP contribution in [0.3, 0.4) is 0 Å². The lowest BCUT2D eigenvalue weighted by Gasteiger charge is -1.96. The van der Waals surface area contributed by atoms with Crippen LogP contribution in [0.15, 0.2) is 18.6 Å². The van der Waals surface area contributed by atoms with Crippen molar-refractivity contribution in [2.24, 2.45) is 0 Å². The van der Waals surface area contributed by atoms with Gasteiger partial charge in [0.1, 0.15) is 16.0 Å². The summed E-state index contributed by atoms with van der Waals surface area (Å²) in [6.07, 6.45) is 3.53. The highest BCUT2D eigenvalue weighted by Gasteiger charge is 2.20. The van der Waals surface area contributed by atoms with Crippen LogP contribution in [0.4, 0.5) is 5.82 Å². The van der Waals surface area contributed by atoms with Gasteiger partial charge in [-0.1, -0.05) is 0 Å². The number of carbonyl (C=O) groups is 1. The number of thiophene rings is 1. The lowest BCUT2D eigenvalue weighted by atomic mass is 10.2. The summed E-state index contributed by atoms with van der Waals surface area (Å²) in [4.78, 5) is 32.1. The number of hydrogen-bond acceptors (Lipinski definition) is 9. The van der Waals surface area contributed by atoms with E-state index in [1.165, 1.54) is 29.2 Å². The van der Waals surface area contributed by atoms with Gasteiger partial charge in [-0.3, -0.25) is 0 Å². The summed E-state index contributed by atoms with van der Waals surface area (Å²) in [7, 11) is 1.34. The van der Waals surface area contributed by atoms with Gasteiger partial charge in [-0.25, -0.2) is 19.3 Å². The third kappa shape index (κ3) is 2.89. The van der Waals surface area contributed by atoms with Gasteiger partial charge in [-0.15, -0.1) is 16.4 Å². The lowest BCUT2D eigenvalue weighted by Crippen LogP contribution is -2.04. The smallest absolute Gasteiger partial charge is 0.389 e. The lowest BCUT2D eigenvalue weighted by molar-refractivity contribution is -0.389. The molecule has 0 radical (unpaired) electrons. The molecule has 0 spiro atoms. The highest BCUT2D eigenvalue weighted by molar-refractivity contribution is 7.20. The molecule has 4 rings (SSSR count). The zero-order valence-electron chi connectivity index (χ0n) is 14.3. The van der Waals surface area contributed by atoms with E-state index in [0.29, 0.717) is 34.1 Å². The fourth-order valence-electron chi connectivity index (χ4n) is 2.76. The Morgan fingerprint density at radius 2 is 2.22 bits per heavy atom. The van der Waals surface area contributed by atoms with E-state index in [0.717, 1.165) is 10.9 Å². The Hall–Kier alpha value is -3.41. The van der Waals surface area contributed by atoms with Crippen LogP contribution in [-0.2, 0) is 17.7 Å². The van der Waals surface area contributed by atoms with Gasteiger partial charge in [-0.05, 0) is 17.4 Å². The van der Waals surface area contributed by atoms with E-state index in [1.807, 2.05) is 6.92 Å². The normalized spacial score (nSPS) is 11.3. The molecule has 0 unspecified atom stereocenters. The van der Waals surface area contributed by atoms with Crippen molar-refractivity contribution in [1.29, 1.82) is 0 Å². The summed E-state index contributed by atoms with van der Waals surface area (Å²) in [5, 5.41) is 19.7. The Kier molecular flexibility index (Phi) is 4.03. The molecule has 11 nitrogen and oxygen atoms in total. The van der Waals surface area contributed by atoms with Gasteiger partial charge >= 0.3 is 11.8 Å². The van der Waals surface area contributed by atoms with Gasteiger partial charge in [0.05, 0.1) is 36.4 Å². The summed E-state index contributed by atoms with van der Waals surface area (Å²) in [5.41, 5.74) is 1.35. The molecule has 12 heteroatoms. The van der Waals surface area contributed by atoms with Crippen molar-refractivity contribution in [3.63, 3.8) is 0 Å². The second kappa shape index (κ2) is 6.39. The zero-order chi connectivity index (χ0) is 19.1. The number of aryl methyl sites for hydroxylation is 3. The third-order valence-electron chi connectivity index (χ3n) is 4.06. The predicted octanol–water partition coefficient (Wildman–Crippen LogP) is 1.78. The molecule has 0 saturated heterocycles. The highest BCUT2D eigenvalue weighted by atomic mass is 32.1. The first kappa shape index (κ1) is 17.0. The molecule has 0 aliphatic carbocycles. The molecule has 0 aromatic carbocycles. The molecule has 138 valence electrons. The van der Waals surface area contributed by atoms with Crippen molar-refractivity contribution in [2.75, 3.05) is 7.11 Å². The summed E-state index contributed by atoms with van der Waals surface area (Å²) in [6, 6.07) is 1.34.